The number of oxime groups is 1. The standard InChI is InChI=1S/C22H23ClN6O5S2/c1-2-3-9-34-27-14(13-17(23)36-22(24)26-13)18(30)25-15-19(31)29-16(21(32)33)12(11-35-20(15)29)10-28-7-5-4-6-8-28/h4-8,15,20H,2-3,9-11H2,1H3,(H3-,24,25,26,30,32,33)/p+1/t15-,20-/m1/s1. The van der Waals surface area contributed by atoms with E-state index in [1.54, 1.807) is 0 Å². The molecule has 36 heavy (non-hydrogen) atoms. The van der Waals surface area contributed by atoms with Gasteiger partial charge in [-0.05, 0) is 6.42 Å². The maximum Gasteiger partial charge on any atom is 0.352 e. The Balaban J connectivity index is 1.53. The lowest BCUT2D eigenvalue weighted by Gasteiger charge is -2.49. The molecular weight excluding hydrogens is 528 g/mol. The molecular formula is C22H24ClN6O5S2+. The molecule has 4 heterocycles. The number of thioether (sulfide) groups is 1. The van der Waals surface area contributed by atoms with E-state index in [4.69, 9.17) is 22.2 Å². The van der Waals surface area contributed by atoms with Crippen LogP contribution in [-0.2, 0) is 25.8 Å². The van der Waals surface area contributed by atoms with Crippen molar-refractivity contribution in [3.8, 4) is 0 Å². The molecule has 4 N–H and O–H groups in total. The molecule has 0 saturated carbocycles. The molecule has 0 unspecified atom stereocenters. The zero-order valence-electron chi connectivity index (χ0n) is 19.2. The molecule has 0 aromatic carbocycles. The summed E-state index contributed by atoms with van der Waals surface area (Å²) in [7, 11) is 0. The Kier molecular flexibility index (Phi) is 8.11. The number of hydrogen-bond donors (Lipinski definition) is 3. The number of unbranched alkanes of at least 4 members (excludes halogenated alkanes) is 1. The maximum absolute atomic E-state index is 13.1. The van der Waals surface area contributed by atoms with Gasteiger partial charge in [0.15, 0.2) is 29.8 Å². The number of carbonyl (C=O) groups excluding carboxylic acids is 2. The SMILES string of the molecule is CCCCON=C(C(=O)N[C@@H]1C(=O)N2C(C(=O)O)=C(C[n+]3ccccc3)CS[C@H]12)c1nc(N)sc1Cl. The van der Waals surface area contributed by atoms with Crippen molar-refractivity contribution < 1.29 is 28.9 Å². The molecule has 0 bridgehead atoms. The Morgan fingerprint density at radius 1 is 1.39 bits per heavy atom. The third-order valence-corrected chi connectivity index (χ3v) is 7.90. The lowest BCUT2D eigenvalue weighted by molar-refractivity contribution is -0.689. The lowest BCUT2D eigenvalue weighted by atomic mass is 10.0. The Hall–Kier alpha value is -3.16. The van der Waals surface area contributed by atoms with Gasteiger partial charge < -0.3 is 21.0 Å². The number of nitrogen functional groups attached to an aromatic ring is 1. The summed E-state index contributed by atoms with van der Waals surface area (Å²) in [6.07, 6.45) is 5.25. The molecule has 190 valence electrons. The number of aliphatic carboxylic acids is 1. The summed E-state index contributed by atoms with van der Waals surface area (Å²) in [6, 6.07) is 4.60. The van der Waals surface area contributed by atoms with Crippen molar-refractivity contribution in [2.75, 3.05) is 18.1 Å². The fraction of sp³-hybridized carbons (Fsp3) is 0.364. The van der Waals surface area contributed by atoms with E-state index in [9.17, 15) is 19.5 Å². The van der Waals surface area contributed by atoms with Crippen LogP contribution < -0.4 is 15.6 Å². The van der Waals surface area contributed by atoms with Gasteiger partial charge in [-0.2, -0.15) is 0 Å². The number of nitrogens with one attached hydrogen (secondary N) is 1. The fourth-order valence-electron chi connectivity index (χ4n) is 3.75. The molecule has 11 nitrogen and oxygen atoms in total. The average molecular weight is 552 g/mol. The van der Waals surface area contributed by atoms with Gasteiger partial charge in [-0.25, -0.2) is 14.3 Å². The van der Waals surface area contributed by atoms with E-state index in [2.05, 4.69) is 15.5 Å². The van der Waals surface area contributed by atoms with Crippen molar-refractivity contribution in [3.05, 3.63) is 51.9 Å². The molecule has 1 fully saturated rings. The Bertz CT molecular complexity index is 1230. The van der Waals surface area contributed by atoms with E-state index in [-0.39, 0.29) is 33.2 Å². The number of nitrogens with two attached hydrogens (primary N) is 1. The third kappa shape index (κ3) is 5.32. The molecule has 2 aromatic rings. The first kappa shape index (κ1) is 25.9. The van der Waals surface area contributed by atoms with Gasteiger partial charge in [0, 0.05) is 23.5 Å². The number of hydrogen-bond acceptors (Lipinski definition) is 9. The smallest absolute Gasteiger partial charge is 0.352 e. The highest BCUT2D eigenvalue weighted by molar-refractivity contribution is 8.00. The van der Waals surface area contributed by atoms with Gasteiger partial charge in [-0.15, -0.1) is 11.8 Å². The highest BCUT2D eigenvalue weighted by Gasteiger charge is 2.54. The van der Waals surface area contributed by atoms with Gasteiger partial charge >= 0.3 is 5.97 Å². The Morgan fingerprint density at radius 2 is 2.14 bits per heavy atom. The van der Waals surface area contributed by atoms with Crippen LogP contribution in [0.25, 0.3) is 0 Å². The summed E-state index contributed by atoms with van der Waals surface area (Å²) in [5, 5.41) is 16.0. The van der Waals surface area contributed by atoms with Gasteiger partial charge in [0.25, 0.3) is 11.8 Å². The molecule has 1 saturated heterocycles. The number of carboxylic acid groups (broad SMARTS) is 1. The van der Waals surface area contributed by atoms with E-state index in [1.165, 1.54) is 16.7 Å². The van der Waals surface area contributed by atoms with Crippen LogP contribution in [0.2, 0.25) is 4.34 Å². The summed E-state index contributed by atoms with van der Waals surface area (Å²) in [5.74, 6) is -2.05. The summed E-state index contributed by atoms with van der Waals surface area (Å²) >= 11 is 8.55. The van der Waals surface area contributed by atoms with Gasteiger partial charge in [0.1, 0.15) is 33.7 Å². The van der Waals surface area contributed by atoms with Crippen molar-refractivity contribution in [1.82, 2.24) is 15.2 Å². The molecule has 4 rings (SSSR count). The minimum absolute atomic E-state index is 0.0568. The van der Waals surface area contributed by atoms with Crippen molar-refractivity contribution in [2.24, 2.45) is 5.16 Å². The number of fused-ring (bicyclic) bond motifs is 1. The number of carbonyl (C=O) groups is 3. The Labute approximate surface area is 220 Å². The monoisotopic (exact) mass is 551 g/mol. The van der Waals surface area contributed by atoms with Crippen LogP contribution in [-0.4, -0.2) is 62.3 Å². The van der Waals surface area contributed by atoms with E-state index in [1.807, 2.05) is 42.1 Å². The van der Waals surface area contributed by atoms with Crippen molar-refractivity contribution in [2.45, 2.75) is 37.7 Å². The van der Waals surface area contributed by atoms with Gasteiger partial charge in [-0.3, -0.25) is 14.5 Å². The Morgan fingerprint density at radius 3 is 2.78 bits per heavy atom. The van der Waals surface area contributed by atoms with Crippen LogP contribution in [0.5, 0.6) is 0 Å². The number of anilines is 1. The third-order valence-electron chi connectivity index (χ3n) is 5.47. The summed E-state index contributed by atoms with van der Waals surface area (Å²) in [5.41, 5.74) is 6.13. The number of β-lactam (4-membered cyclic amide) rings is 1. The maximum atomic E-state index is 13.1. The van der Waals surface area contributed by atoms with Crippen LogP contribution in [0.3, 0.4) is 0 Å². The van der Waals surface area contributed by atoms with Crippen LogP contribution in [0.15, 0.2) is 47.0 Å². The molecule has 2 atom stereocenters. The summed E-state index contributed by atoms with van der Waals surface area (Å²) in [4.78, 5) is 48.8. The second kappa shape index (κ2) is 11.3. The number of thiazole rings is 1. The van der Waals surface area contributed by atoms with Crippen molar-refractivity contribution in [1.29, 1.82) is 0 Å². The van der Waals surface area contributed by atoms with Crippen LogP contribution >= 0.6 is 34.7 Å². The molecule has 0 aliphatic carbocycles. The number of rotatable bonds is 10. The minimum atomic E-state index is -1.19. The highest BCUT2D eigenvalue weighted by Crippen LogP contribution is 2.40. The number of halogens is 1. The van der Waals surface area contributed by atoms with Gasteiger partial charge in [-0.1, -0.05) is 47.5 Å². The normalized spacial score (nSPS) is 19.6. The average Bonchev–Trinajstić information content (AvgIpc) is 3.19. The number of carboxylic acids is 1. The first-order chi connectivity index (χ1) is 17.3. The number of amides is 2. The largest absolute Gasteiger partial charge is 0.477 e. The summed E-state index contributed by atoms with van der Waals surface area (Å²) in [6.45, 7) is 2.60. The van der Waals surface area contributed by atoms with Crippen LogP contribution in [0, 0.1) is 0 Å². The van der Waals surface area contributed by atoms with E-state index >= 15 is 0 Å². The number of aromatic nitrogens is 2. The highest BCUT2D eigenvalue weighted by atomic mass is 35.5. The van der Waals surface area contributed by atoms with Crippen molar-refractivity contribution in [3.63, 3.8) is 0 Å². The predicted octanol–water partition coefficient (Wildman–Crippen LogP) is 1.63. The molecule has 2 aliphatic heterocycles. The number of pyridine rings is 1. The molecule has 2 amide bonds. The molecule has 14 heteroatoms. The van der Waals surface area contributed by atoms with E-state index in [0.29, 0.717) is 17.9 Å². The second-order valence-corrected chi connectivity index (χ2v) is 10.7. The van der Waals surface area contributed by atoms with Gasteiger partial charge in [0.2, 0.25) is 0 Å². The second-order valence-electron chi connectivity index (χ2n) is 7.97. The number of nitrogens with zero attached hydrogens (tertiary/aromatic N) is 4. The molecule has 0 radical (unpaired) electrons. The van der Waals surface area contributed by atoms with Crippen LogP contribution in [0.4, 0.5) is 5.13 Å². The summed E-state index contributed by atoms with van der Waals surface area (Å²) < 4.78 is 2.00. The molecule has 2 aromatic heterocycles. The quantitative estimate of drug-likeness (QED) is 0.132. The zero-order valence-corrected chi connectivity index (χ0v) is 21.6. The first-order valence-corrected chi connectivity index (χ1v) is 13.3. The zero-order chi connectivity index (χ0) is 25.8. The first-order valence-electron chi connectivity index (χ1n) is 11.1. The minimum Gasteiger partial charge on any atom is -0.477 e. The van der Waals surface area contributed by atoms with Crippen LogP contribution in [0.1, 0.15) is 25.5 Å². The topological polar surface area (TPSA) is 151 Å². The van der Waals surface area contributed by atoms with E-state index < -0.39 is 29.2 Å². The fourth-order valence-corrected chi connectivity index (χ4v) is 6.01. The molecule has 0 spiro atoms. The lowest BCUT2D eigenvalue weighted by Crippen LogP contribution is -2.71. The van der Waals surface area contributed by atoms with E-state index in [0.717, 1.165) is 24.2 Å². The molecule has 2 aliphatic rings. The predicted molar refractivity (Wildman–Crippen MR) is 135 cm³/mol. The van der Waals surface area contributed by atoms with Crippen molar-refractivity contribution >= 4 is 63.3 Å². The van der Waals surface area contributed by atoms with Gasteiger partial charge in [0.05, 0.1) is 0 Å².